The third-order valence-electron chi connectivity index (χ3n) is 3.86. The summed E-state index contributed by atoms with van der Waals surface area (Å²) in [6.07, 6.45) is 1.52. The van der Waals surface area contributed by atoms with Crippen LogP contribution in [0.5, 0.6) is 0 Å². The monoisotopic (exact) mass is 350 g/mol. The number of rotatable bonds is 3. The van der Waals surface area contributed by atoms with Crippen molar-refractivity contribution in [2.75, 3.05) is 24.6 Å². The summed E-state index contributed by atoms with van der Waals surface area (Å²) in [5, 5.41) is 1.05. The van der Waals surface area contributed by atoms with Crippen LogP contribution in [-0.2, 0) is 4.74 Å². The number of Topliss-reactive ketones (excluding diaryl/α,β-unsaturated/α-hetero) is 1. The fourth-order valence-electron chi connectivity index (χ4n) is 2.55. The fourth-order valence-corrected chi connectivity index (χ4v) is 2.86. The van der Waals surface area contributed by atoms with Gasteiger partial charge < -0.3 is 9.64 Å². The lowest BCUT2D eigenvalue weighted by atomic mass is 10.1. The minimum atomic E-state index is -0.0900. The molecule has 0 unspecified atom stereocenters. The molecule has 0 spiro atoms. The van der Waals surface area contributed by atoms with E-state index < -0.39 is 0 Å². The van der Waals surface area contributed by atoms with Gasteiger partial charge in [0.15, 0.2) is 5.78 Å². The summed E-state index contributed by atoms with van der Waals surface area (Å²) in [7, 11) is 0. The number of carbonyl (C=O) groups excluding carboxylic acids is 1. The smallest absolute Gasteiger partial charge is 0.161 e. The Morgan fingerprint density at radius 2 is 2.09 bits per heavy atom. The van der Waals surface area contributed by atoms with E-state index in [-0.39, 0.29) is 11.9 Å². The SMILES string of the molecule is CC(=O)c1ccc(N2CCO[C@@H](c3ccc(Cl)c(Cl)c3)C2)nc1. The zero-order valence-corrected chi connectivity index (χ0v) is 14.1. The summed E-state index contributed by atoms with van der Waals surface area (Å²) >= 11 is 12.1. The first-order valence-electron chi connectivity index (χ1n) is 7.33. The average molecular weight is 351 g/mol. The summed E-state index contributed by atoms with van der Waals surface area (Å²) in [5.74, 6) is 0.850. The van der Waals surface area contributed by atoms with E-state index in [0.29, 0.717) is 28.8 Å². The molecular formula is C17H16Cl2N2O2. The molecule has 1 fully saturated rings. The molecule has 120 valence electrons. The molecule has 1 aliphatic rings. The normalized spacial score (nSPS) is 18.0. The van der Waals surface area contributed by atoms with Crippen LogP contribution in [0.2, 0.25) is 10.0 Å². The highest BCUT2D eigenvalue weighted by molar-refractivity contribution is 6.42. The number of nitrogens with zero attached hydrogens (tertiary/aromatic N) is 2. The van der Waals surface area contributed by atoms with Gasteiger partial charge in [-0.05, 0) is 36.8 Å². The zero-order valence-electron chi connectivity index (χ0n) is 12.6. The summed E-state index contributed by atoms with van der Waals surface area (Å²) in [4.78, 5) is 17.9. The lowest BCUT2D eigenvalue weighted by molar-refractivity contribution is 0.0395. The van der Waals surface area contributed by atoms with Gasteiger partial charge in [-0.2, -0.15) is 0 Å². The molecule has 0 aliphatic carbocycles. The van der Waals surface area contributed by atoms with E-state index in [1.165, 1.54) is 6.92 Å². The number of benzene rings is 1. The third-order valence-corrected chi connectivity index (χ3v) is 4.60. The number of hydrogen-bond donors (Lipinski definition) is 0. The Kier molecular flexibility index (Phi) is 4.85. The summed E-state index contributed by atoms with van der Waals surface area (Å²) in [5.41, 5.74) is 1.60. The molecule has 0 radical (unpaired) electrons. The molecule has 2 heterocycles. The largest absolute Gasteiger partial charge is 0.370 e. The van der Waals surface area contributed by atoms with Gasteiger partial charge in [-0.1, -0.05) is 29.3 Å². The van der Waals surface area contributed by atoms with E-state index in [2.05, 4.69) is 9.88 Å². The minimum Gasteiger partial charge on any atom is -0.370 e. The van der Waals surface area contributed by atoms with E-state index in [1.54, 1.807) is 18.3 Å². The molecule has 1 aromatic heterocycles. The first-order chi connectivity index (χ1) is 11.0. The molecule has 6 heteroatoms. The third kappa shape index (κ3) is 3.66. The van der Waals surface area contributed by atoms with Crippen molar-refractivity contribution in [2.45, 2.75) is 13.0 Å². The molecule has 0 bridgehead atoms. The Hall–Kier alpha value is -1.62. The van der Waals surface area contributed by atoms with Crippen LogP contribution in [0.25, 0.3) is 0 Å². The fraction of sp³-hybridized carbons (Fsp3) is 0.294. The second-order valence-electron chi connectivity index (χ2n) is 5.44. The highest BCUT2D eigenvalue weighted by Crippen LogP contribution is 2.30. The summed E-state index contributed by atoms with van der Waals surface area (Å²) < 4.78 is 5.85. The van der Waals surface area contributed by atoms with Gasteiger partial charge in [0, 0.05) is 24.8 Å². The Labute approximate surface area is 145 Å². The van der Waals surface area contributed by atoms with Gasteiger partial charge in [0.1, 0.15) is 11.9 Å². The van der Waals surface area contributed by atoms with E-state index in [4.69, 9.17) is 27.9 Å². The second kappa shape index (κ2) is 6.87. The van der Waals surface area contributed by atoms with Gasteiger partial charge in [0.05, 0.1) is 16.7 Å². The highest BCUT2D eigenvalue weighted by Gasteiger charge is 2.23. The van der Waals surface area contributed by atoms with Gasteiger partial charge >= 0.3 is 0 Å². The number of pyridine rings is 1. The van der Waals surface area contributed by atoms with Crippen molar-refractivity contribution in [3.8, 4) is 0 Å². The van der Waals surface area contributed by atoms with E-state index in [1.807, 2.05) is 18.2 Å². The number of hydrogen-bond acceptors (Lipinski definition) is 4. The number of morpholine rings is 1. The van der Waals surface area contributed by atoms with Gasteiger partial charge in [-0.3, -0.25) is 4.79 Å². The maximum atomic E-state index is 11.3. The Bertz CT molecular complexity index is 719. The maximum Gasteiger partial charge on any atom is 0.161 e. The van der Waals surface area contributed by atoms with Gasteiger partial charge in [0.25, 0.3) is 0 Å². The van der Waals surface area contributed by atoms with Crippen molar-refractivity contribution in [3.63, 3.8) is 0 Å². The Balaban J connectivity index is 1.77. The predicted octanol–water partition coefficient (Wildman–Crippen LogP) is 4.17. The van der Waals surface area contributed by atoms with Crippen molar-refractivity contribution in [2.24, 2.45) is 0 Å². The van der Waals surface area contributed by atoms with Crippen LogP contribution >= 0.6 is 23.2 Å². The van der Waals surface area contributed by atoms with Gasteiger partial charge in [0.2, 0.25) is 0 Å². The topological polar surface area (TPSA) is 42.4 Å². The van der Waals surface area contributed by atoms with Crippen molar-refractivity contribution >= 4 is 34.8 Å². The molecule has 0 amide bonds. The summed E-state index contributed by atoms with van der Waals surface area (Å²) in [6.45, 7) is 3.56. The first-order valence-corrected chi connectivity index (χ1v) is 8.08. The molecule has 1 aliphatic heterocycles. The lowest BCUT2D eigenvalue weighted by Gasteiger charge is -2.34. The predicted molar refractivity (Wildman–Crippen MR) is 91.6 cm³/mol. The standard InChI is InChI=1S/C17H16Cl2N2O2/c1-11(22)13-3-5-17(20-9-13)21-6-7-23-16(10-21)12-2-4-14(18)15(19)8-12/h2-5,8-9,16H,6-7,10H2,1H3/t16-/m1/s1. The van der Waals surface area contributed by atoms with Crippen LogP contribution in [0.15, 0.2) is 36.5 Å². The molecule has 0 N–H and O–H groups in total. The number of ketones is 1. The van der Waals surface area contributed by atoms with Crippen molar-refractivity contribution in [1.29, 1.82) is 0 Å². The maximum absolute atomic E-state index is 11.3. The molecule has 3 rings (SSSR count). The molecule has 4 nitrogen and oxygen atoms in total. The average Bonchev–Trinajstić information content (AvgIpc) is 2.57. The lowest BCUT2D eigenvalue weighted by Crippen LogP contribution is -2.38. The van der Waals surface area contributed by atoms with Crippen LogP contribution in [0.3, 0.4) is 0 Å². The number of ether oxygens (including phenoxy) is 1. The van der Waals surface area contributed by atoms with Crippen molar-refractivity contribution in [1.82, 2.24) is 4.98 Å². The molecular weight excluding hydrogens is 335 g/mol. The zero-order chi connectivity index (χ0) is 16.4. The molecule has 0 saturated carbocycles. The molecule has 1 aromatic carbocycles. The van der Waals surface area contributed by atoms with Crippen molar-refractivity contribution < 1.29 is 9.53 Å². The van der Waals surface area contributed by atoms with Crippen LogP contribution in [0.1, 0.15) is 28.9 Å². The van der Waals surface area contributed by atoms with Crippen molar-refractivity contribution in [3.05, 3.63) is 57.7 Å². The number of carbonyl (C=O) groups is 1. The van der Waals surface area contributed by atoms with Gasteiger partial charge in [-0.25, -0.2) is 4.98 Å². The molecule has 23 heavy (non-hydrogen) atoms. The quantitative estimate of drug-likeness (QED) is 0.779. The first kappa shape index (κ1) is 16.2. The highest BCUT2D eigenvalue weighted by atomic mass is 35.5. The summed E-state index contributed by atoms with van der Waals surface area (Å²) in [6, 6.07) is 9.21. The van der Waals surface area contributed by atoms with E-state index >= 15 is 0 Å². The number of anilines is 1. The van der Waals surface area contributed by atoms with Crippen LogP contribution in [0.4, 0.5) is 5.82 Å². The molecule has 1 atom stereocenters. The van der Waals surface area contributed by atoms with Crippen LogP contribution < -0.4 is 4.90 Å². The van der Waals surface area contributed by atoms with E-state index in [9.17, 15) is 4.79 Å². The number of halogens is 2. The minimum absolute atomic E-state index is 0.0136. The molecule has 1 saturated heterocycles. The Morgan fingerprint density at radius 1 is 1.26 bits per heavy atom. The van der Waals surface area contributed by atoms with E-state index in [0.717, 1.165) is 17.9 Å². The number of aromatic nitrogens is 1. The van der Waals surface area contributed by atoms with Crippen LogP contribution in [0, 0.1) is 0 Å². The molecule has 2 aromatic rings. The second-order valence-corrected chi connectivity index (χ2v) is 6.25. The van der Waals surface area contributed by atoms with Crippen LogP contribution in [-0.4, -0.2) is 30.5 Å². The van der Waals surface area contributed by atoms with Gasteiger partial charge in [-0.15, -0.1) is 0 Å². The Morgan fingerprint density at radius 3 is 2.74 bits per heavy atom.